The SMILES string of the molecule is CC1CNNC1C1CCN(C(=O)COc2ccccc2)C1. The molecule has 0 aromatic heterocycles. The van der Waals surface area contributed by atoms with E-state index in [1.807, 2.05) is 35.2 Å². The molecule has 1 amide bonds. The van der Waals surface area contributed by atoms with Crippen molar-refractivity contribution in [3.63, 3.8) is 0 Å². The average molecular weight is 289 g/mol. The van der Waals surface area contributed by atoms with E-state index in [0.29, 0.717) is 17.9 Å². The minimum Gasteiger partial charge on any atom is -0.484 e. The second kappa shape index (κ2) is 6.45. The van der Waals surface area contributed by atoms with E-state index in [-0.39, 0.29) is 12.5 Å². The highest BCUT2D eigenvalue weighted by Gasteiger charge is 2.36. The predicted octanol–water partition coefficient (Wildman–Crippen LogP) is 1.03. The highest BCUT2D eigenvalue weighted by atomic mass is 16.5. The standard InChI is InChI=1S/C16H23N3O2/c1-12-9-17-18-16(12)13-7-8-19(10-13)15(20)11-21-14-5-3-2-4-6-14/h2-6,12-13,16-18H,7-11H2,1H3. The van der Waals surface area contributed by atoms with Crippen molar-refractivity contribution < 1.29 is 9.53 Å². The van der Waals surface area contributed by atoms with Crippen LogP contribution in [0.4, 0.5) is 0 Å². The molecule has 0 radical (unpaired) electrons. The van der Waals surface area contributed by atoms with Gasteiger partial charge in [-0.25, -0.2) is 0 Å². The quantitative estimate of drug-likeness (QED) is 0.869. The molecule has 21 heavy (non-hydrogen) atoms. The molecule has 5 heteroatoms. The Morgan fingerprint density at radius 3 is 2.90 bits per heavy atom. The van der Waals surface area contributed by atoms with Gasteiger partial charge in [0.1, 0.15) is 5.75 Å². The number of carbonyl (C=O) groups is 1. The summed E-state index contributed by atoms with van der Waals surface area (Å²) in [4.78, 5) is 14.2. The third kappa shape index (κ3) is 3.36. The number of nitrogens with one attached hydrogen (secondary N) is 2. The molecule has 3 rings (SSSR count). The third-order valence-electron chi connectivity index (χ3n) is 4.50. The first-order valence-electron chi connectivity index (χ1n) is 7.68. The topological polar surface area (TPSA) is 53.6 Å². The minimum atomic E-state index is 0.0833. The van der Waals surface area contributed by atoms with Crippen LogP contribution < -0.4 is 15.6 Å². The van der Waals surface area contributed by atoms with Gasteiger partial charge in [0.05, 0.1) is 0 Å². The Balaban J connectivity index is 1.48. The predicted molar refractivity (Wildman–Crippen MR) is 80.7 cm³/mol. The van der Waals surface area contributed by atoms with Gasteiger partial charge in [-0.2, -0.15) is 0 Å². The maximum absolute atomic E-state index is 12.2. The molecule has 2 fully saturated rings. The number of amides is 1. The number of hydrogen-bond acceptors (Lipinski definition) is 4. The summed E-state index contributed by atoms with van der Waals surface area (Å²) in [5, 5.41) is 0. The monoisotopic (exact) mass is 289 g/mol. The first-order valence-corrected chi connectivity index (χ1v) is 7.68. The van der Waals surface area contributed by atoms with Crippen LogP contribution in [0.1, 0.15) is 13.3 Å². The third-order valence-corrected chi connectivity index (χ3v) is 4.50. The van der Waals surface area contributed by atoms with Gasteiger partial charge in [-0.3, -0.25) is 15.6 Å². The van der Waals surface area contributed by atoms with Crippen LogP contribution in [-0.2, 0) is 4.79 Å². The molecule has 0 bridgehead atoms. The van der Waals surface area contributed by atoms with Crippen molar-refractivity contribution in [1.82, 2.24) is 15.8 Å². The normalized spacial score (nSPS) is 28.8. The van der Waals surface area contributed by atoms with Crippen LogP contribution in [0.15, 0.2) is 30.3 Å². The molecule has 0 saturated carbocycles. The number of hydrogen-bond donors (Lipinski definition) is 2. The lowest BCUT2D eigenvalue weighted by Gasteiger charge is -2.22. The van der Waals surface area contributed by atoms with Gasteiger partial charge < -0.3 is 9.64 Å². The zero-order chi connectivity index (χ0) is 14.7. The molecule has 2 heterocycles. The molecule has 3 unspecified atom stereocenters. The molecule has 2 aliphatic heterocycles. The van der Waals surface area contributed by atoms with Crippen LogP contribution in [-0.4, -0.2) is 43.1 Å². The lowest BCUT2D eigenvalue weighted by atomic mass is 9.90. The fraction of sp³-hybridized carbons (Fsp3) is 0.562. The van der Waals surface area contributed by atoms with Crippen molar-refractivity contribution in [2.24, 2.45) is 11.8 Å². The Morgan fingerprint density at radius 1 is 1.38 bits per heavy atom. The van der Waals surface area contributed by atoms with E-state index in [4.69, 9.17) is 4.74 Å². The van der Waals surface area contributed by atoms with Gasteiger partial charge in [0.15, 0.2) is 6.61 Å². The number of likely N-dealkylation sites (tertiary alicyclic amines) is 1. The number of hydrazine groups is 1. The molecule has 2 N–H and O–H groups in total. The molecular weight excluding hydrogens is 266 g/mol. The average Bonchev–Trinajstić information content (AvgIpc) is 3.14. The van der Waals surface area contributed by atoms with E-state index >= 15 is 0 Å². The van der Waals surface area contributed by atoms with Crippen LogP contribution in [0.3, 0.4) is 0 Å². The minimum absolute atomic E-state index is 0.0833. The number of ether oxygens (including phenoxy) is 1. The maximum atomic E-state index is 12.2. The number of para-hydroxylation sites is 1. The zero-order valence-electron chi connectivity index (χ0n) is 12.4. The van der Waals surface area contributed by atoms with Crippen molar-refractivity contribution in [2.75, 3.05) is 26.2 Å². The van der Waals surface area contributed by atoms with Crippen LogP contribution in [0, 0.1) is 11.8 Å². The van der Waals surface area contributed by atoms with E-state index in [2.05, 4.69) is 17.8 Å². The van der Waals surface area contributed by atoms with Gasteiger partial charge >= 0.3 is 0 Å². The van der Waals surface area contributed by atoms with Crippen LogP contribution in [0.25, 0.3) is 0 Å². The van der Waals surface area contributed by atoms with Gasteiger partial charge in [-0.05, 0) is 30.4 Å². The highest BCUT2D eigenvalue weighted by molar-refractivity contribution is 5.78. The fourth-order valence-electron chi connectivity index (χ4n) is 3.25. The molecule has 2 saturated heterocycles. The molecular formula is C16H23N3O2. The smallest absolute Gasteiger partial charge is 0.260 e. The Labute approximate surface area is 125 Å². The van der Waals surface area contributed by atoms with Gasteiger partial charge in [0, 0.05) is 25.7 Å². The van der Waals surface area contributed by atoms with Crippen LogP contribution in [0.2, 0.25) is 0 Å². The number of rotatable bonds is 4. The van der Waals surface area contributed by atoms with E-state index < -0.39 is 0 Å². The molecule has 1 aromatic rings. The van der Waals surface area contributed by atoms with Crippen molar-refractivity contribution in [1.29, 1.82) is 0 Å². The van der Waals surface area contributed by atoms with E-state index in [0.717, 1.165) is 31.8 Å². The second-order valence-corrected chi connectivity index (χ2v) is 6.02. The van der Waals surface area contributed by atoms with Crippen molar-refractivity contribution in [2.45, 2.75) is 19.4 Å². The molecule has 0 spiro atoms. The van der Waals surface area contributed by atoms with Crippen molar-refractivity contribution in [3.05, 3.63) is 30.3 Å². The summed E-state index contributed by atoms with van der Waals surface area (Å²) in [7, 11) is 0. The fourth-order valence-corrected chi connectivity index (χ4v) is 3.25. The summed E-state index contributed by atoms with van der Waals surface area (Å²) in [6, 6.07) is 9.96. The molecule has 2 aliphatic rings. The molecule has 114 valence electrons. The van der Waals surface area contributed by atoms with Crippen LogP contribution >= 0.6 is 0 Å². The largest absolute Gasteiger partial charge is 0.484 e. The lowest BCUT2D eigenvalue weighted by Crippen LogP contribution is -2.40. The van der Waals surface area contributed by atoms with Crippen molar-refractivity contribution >= 4 is 5.91 Å². The summed E-state index contributed by atoms with van der Waals surface area (Å²) in [6.45, 7) is 5.06. The van der Waals surface area contributed by atoms with Gasteiger partial charge in [0.25, 0.3) is 5.91 Å². The molecule has 5 nitrogen and oxygen atoms in total. The maximum Gasteiger partial charge on any atom is 0.260 e. The van der Waals surface area contributed by atoms with E-state index in [1.54, 1.807) is 0 Å². The van der Waals surface area contributed by atoms with Gasteiger partial charge in [-0.15, -0.1) is 0 Å². The first-order chi connectivity index (χ1) is 10.2. The number of carbonyl (C=O) groups excluding carboxylic acids is 1. The Bertz CT molecular complexity index is 480. The number of benzene rings is 1. The van der Waals surface area contributed by atoms with E-state index in [9.17, 15) is 4.79 Å². The summed E-state index contributed by atoms with van der Waals surface area (Å²) >= 11 is 0. The second-order valence-electron chi connectivity index (χ2n) is 6.02. The van der Waals surface area contributed by atoms with E-state index in [1.165, 1.54) is 0 Å². The Hall–Kier alpha value is -1.59. The molecule has 1 aromatic carbocycles. The molecule has 0 aliphatic carbocycles. The molecule has 3 atom stereocenters. The highest BCUT2D eigenvalue weighted by Crippen LogP contribution is 2.25. The Kier molecular flexibility index (Phi) is 4.41. The summed E-state index contributed by atoms with van der Waals surface area (Å²) in [5.41, 5.74) is 6.56. The summed E-state index contributed by atoms with van der Waals surface area (Å²) in [5.74, 6) is 1.98. The summed E-state index contributed by atoms with van der Waals surface area (Å²) in [6.07, 6.45) is 1.07. The Morgan fingerprint density at radius 2 is 2.19 bits per heavy atom. The number of nitrogens with zero attached hydrogens (tertiary/aromatic N) is 1. The van der Waals surface area contributed by atoms with Gasteiger partial charge in [-0.1, -0.05) is 25.1 Å². The lowest BCUT2D eigenvalue weighted by molar-refractivity contribution is -0.132. The first kappa shape index (κ1) is 14.4. The zero-order valence-corrected chi connectivity index (χ0v) is 12.4. The van der Waals surface area contributed by atoms with Gasteiger partial charge in [0.2, 0.25) is 0 Å². The van der Waals surface area contributed by atoms with Crippen molar-refractivity contribution in [3.8, 4) is 5.75 Å². The summed E-state index contributed by atoms with van der Waals surface area (Å²) < 4.78 is 5.54. The van der Waals surface area contributed by atoms with Crippen LogP contribution in [0.5, 0.6) is 5.75 Å².